The molecular weight excluding hydrogens is 335 g/mol. The van der Waals surface area contributed by atoms with Gasteiger partial charge in [0.2, 0.25) is 0 Å². The summed E-state index contributed by atoms with van der Waals surface area (Å²) in [5, 5.41) is 4.01. The number of benzene rings is 2. The molecule has 3 nitrogen and oxygen atoms in total. The number of anilines is 2. The van der Waals surface area contributed by atoms with Crippen molar-refractivity contribution in [3.05, 3.63) is 59.0 Å². The standard InChI is InChI=1S/C16H12BrFN2O/c1-21-11-3-4-12-14(6-7-19-16(12)9-11)20-15-5-2-10(17)8-13(15)18/h2-9H,1H3,(H,19,20). The van der Waals surface area contributed by atoms with Gasteiger partial charge in [0.25, 0.3) is 0 Å². The van der Waals surface area contributed by atoms with E-state index < -0.39 is 0 Å². The molecule has 0 amide bonds. The minimum absolute atomic E-state index is 0.317. The largest absolute Gasteiger partial charge is 0.497 e. The van der Waals surface area contributed by atoms with Crippen molar-refractivity contribution in [2.24, 2.45) is 0 Å². The molecule has 3 rings (SSSR count). The van der Waals surface area contributed by atoms with E-state index in [0.29, 0.717) is 10.2 Å². The third-order valence-corrected chi connectivity index (χ3v) is 3.64. The lowest BCUT2D eigenvalue weighted by molar-refractivity contribution is 0.415. The predicted octanol–water partition coefficient (Wildman–Crippen LogP) is 4.89. The summed E-state index contributed by atoms with van der Waals surface area (Å²) in [6.07, 6.45) is 1.68. The molecule has 0 atom stereocenters. The van der Waals surface area contributed by atoms with E-state index in [1.165, 1.54) is 6.07 Å². The fraction of sp³-hybridized carbons (Fsp3) is 0.0625. The summed E-state index contributed by atoms with van der Waals surface area (Å²) in [5.41, 5.74) is 2.00. The van der Waals surface area contributed by atoms with Crippen molar-refractivity contribution in [1.82, 2.24) is 4.98 Å². The minimum Gasteiger partial charge on any atom is -0.497 e. The zero-order valence-electron chi connectivity index (χ0n) is 11.2. The number of nitrogens with zero attached hydrogens (tertiary/aromatic N) is 1. The first kappa shape index (κ1) is 13.8. The monoisotopic (exact) mass is 346 g/mol. The van der Waals surface area contributed by atoms with Crippen molar-refractivity contribution in [3.8, 4) is 5.75 Å². The maximum absolute atomic E-state index is 13.9. The zero-order chi connectivity index (χ0) is 14.8. The number of rotatable bonds is 3. The summed E-state index contributed by atoms with van der Waals surface area (Å²) in [6.45, 7) is 0. The number of hydrogen-bond donors (Lipinski definition) is 1. The minimum atomic E-state index is -0.317. The van der Waals surface area contributed by atoms with Crippen molar-refractivity contribution >= 4 is 38.2 Å². The van der Waals surface area contributed by atoms with Gasteiger partial charge in [-0.2, -0.15) is 0 Å². The molecule has 1 N–H and O–H groups in total. The first-order chi connectivity index (χ1) is 10.2. The summed E-state index contributed by atoms with van der Waals surface area (Å²) >= 11 is 3.25. The lowest BCUT2D eigenvalue weighted by Gasteiger charge is -2.11. The smallest absolute Gasteiger partial charge is 0.147 e. The molecule has 0 radical (unpaired) electrons. The molecule has 5 heteroatoms. The van der Waals surface area contributed by atoms with Gasteiger partial charge in [0.15, 0.2) is 0 Å². The molecular formula is C16H12BrFN2O. The second-order valence-electron chi connectivity index (χ2n) is 4.49. The number of pyridine rings is 1. The van der Waals surface area contributed by atoms with Gasteiger partial charge in [-0.15, -0.1) is 0 Å². The Morgan fingerprint density at radius 2 is 1.95 bits per heavy atom. The van der Waals surface area contributed by atoms with Crippen molar-refractivity contribution in [2.45, 2.75) is 0 Å². The topological polar surface area (TPSA) is 34.1 Å². The van der Waals surface area contributed by atoms with Crippen LogP contribution in [0.15, 0.2) is 53.1 Å². The number of hydrogen-bond acceptors (Lipinski definition) is 3. The first-order valence-corrected chi connectivity index (χ1v) is 7.11. The van der Waals surface area contributed by atoms with Gasteiger partial charge < -0.3 is 10.1 Å². The molecule has 1 heterocycles. The van der Waals surface area contributed by atoms with Crippen molar-refractivity contribution in [1.29, 1.82) is 0 Å². The summed E-state index contributed by atoms with van der Waals surface area (Å²) in [7, 11) is 1.61. The molecule has 0 spiro atoms. The molecule has 106 valence electrons. The number of methoxy groups -OCH3 is 1. The molecule has 0 saturated heterocycles. The van der Waals surface area contributed by atoms with Crippen molar-refractivity contribution in [3.63, 3.8) is 0 Å². The third kappa shape index (κ3) is 2.83. The maximum atomic E-state index is 13.9. The summed E-state index contributed by atoms with van der Waals surface area (Å²) in [4.78, 5) is 4.31. The number of aromatic nitrogens is 1. The van der Waals surface area contributed by atoms with Crippen LogP contribution in [-0.4, -0.2) is 12.1 Å². The highest BCUT2D eigenvalue weighted by molar-refractivity contribution is 9.10. The van der Waals surface area contributed by atoms with Crippen molar-refractivity contribution in [2.75, 3.05) is 12.4 Å². The lowest BCUT2D eigenvalue weighted by Crippen LogP contribution is -1.95. The van der Waals surface area contributed by atoms with Crippen LogP contribution in [0.5, 0.6) is 5.75 Å². The molecule has 0 aliphatic rings. The van der Waals surface area contributed by atoms with Crippen LogP contribution in [-0.2, 0) is 0 Å². The molecule has 0 aliphatic carbocycles. The average molecular weight is 347 g/mol. The summed E-state index contributed by atoms with van der Waals surface area (Å²) in [5.74, 6) is 0.421. The highest BCUT2D eigenvalue weighted by Gasteiger charge is 2.07. The maximum Gasteiger partial charge on any atom is 0.147 e. The van der Waals surface area contributed by atoms with Gasteiger partial charge >= 0.3 is 0 Å². The molecule has 0 unspecified atom stereocenters. The van der Waals surface area contributed by atoms with Gasteiger partial charge in [-0.25, -0.2) is 4.39 Å². The Morgan fingerprint density at radius 1 is 1.10 bits per heavy atom. The van der Waals surface area contributed by atoms with Gasteiger partial charge in [0.05, 0.1) is 18.3 Å². The van der Waals surface area contributed by atoms with Crippen LogP contribution in [0.25, 0.3) is 10.9 Å². The number of nitrogens with one attached hydrogen (secondary N) is 1. The first-order valence-electron chi connectivity index (χ1n) is 6.32. The van der Waals surface area contributed by atoms with E-state index in [1.807, 2.05) is 24.3 Å². The average Bonchev–Trinajstić information content (AvgIpc) is 2.49. The summed E-state index contributed by atoms with van der Waals surface area (Å²) < 4.78 is 19.8. The Labute approximate surface area is 129 Å². The van der Waals surface area contributed by atoms with Gasteiger partial charge in [-0.3, -0.25) is 4.98 Å². The highest BCUT2D eigenvalue weighted by atomic mass is 79.9. The SMILES string of the molecule is COc1ccc2c(Nc3ccc(Br)cc3F)ccnc2c1. The van der Waals surface area contributed by atoms with Crippen molar-refractivity contribution < 1.29 is 9.13 Å². The van der Waals surface area contributed by atoms with Gasteiger partial charge in [-0.05, 0) is 36.4 Å². The van der Waals surface area contributed by atoms with Crippen LogP contribution in [0, 0.1) is 5.82 Å². The lowest BCUT2D eigenvalue weighted by atomic mass is 10.1. The van der Waals surface area contributed by atoms with Gasteiger partial charge in [0, 0.05) is 27.8 Å². The predicted molar refractivity (Wildman–Crippen MR) is 85.7 cm³/mol. The molecule has 0 fully saturated rings. The molecule has 3 aromatic rings. The van der Waals surface area contributed by atoms with Gasteiger partial charge in [-0.1, -0.05) is 15.9 Å². The van der Waals surface area contributed by atoms with E-state index in [9.17, 15) is 4.39 Å². The number of ether oxygens (including phenoxy) is 1. The van der Waals surface area contributed by atoms with Crippen LogP contribution < -0.4 is 10.1 Å². The van der Waals surface area contributed by atoms with Gasteiger partial charge in [0.1, 0.15) is 11.6 Å². The third-order valence-electron chi connectivity index (χ3n) is 3.15. The van der Waals surface area contributed by atoms with E-state index >= 15 is 0 Å². The zero-order valence-corrected chi connectivity index (χ0v) is 12.8. The molecule has 0 aliphatic heterocycles. The highest BCUT2D eigenvalue weighted by Crippen LogP contribution is 2.29. The van der Waals surface area contributed by atoms with E-state index in [1.54, 1.807) is 25.4 Å². The molecule has 0 bridgehead atoms. The van der Waals surface area contributed by atoms with Crippen LogP contribution in [0.2, 0.25) is 0 Å². The fourth-order valence-electron chi connectivity index (χ4n) is 2.10. The quantitative estimate of drug-likeness (QED) is 0.733. The van der Waals surface area contributed by atoms with Crippen LogP contribution in [0.3, 0.4) is 0 Å². The second-order valence-corrected chi connectivity index (χ2v) is 5.41. The number of fused-ring (bicyclic) bond motifs is 1. The van der Waals surface area contributed by atoms with E-state index in [2.05, 4.69) is 26.2 Å². The van der Waals surface area contributed by atoms with Crippen LogP contribution >= 0.6 is 15.9 Å². The number of halogens is 2. The van der Waals surface area contributed by atoms with Crippen LogP contribution in [0.4, 0.5) is 15.8 Å². The normalized spacial score (nSPS) is 10.6. The Balaban J connectivity index is 2.04. The van der Waals surface area contributed by atoms with E-state index in [4.69, 9.17) is 4.74 Å². The molecule has 2 aromatic carbocycles. The Kier molecular flexibility index (Phi) is 3.75. The molecule has 0 saturated carbocycles. The Morgan fingerprint density at radius 3 is 2.71 bits per heavy atom. The van der Waals surface area contributed by atoms with E-state index in [-0.39, 0.29) is 5.82 Å². The van der Waals surface area contributed by atoms with E-state index in [0.717, 1.165) is 22.3 Å². The Hall–Kier alpha value is -2.14. The Bertz CT molecular complexity index is 807. The second kappa shape index (κ2) is 5.69. The fourth-order valence-corrected chi connectivity index (χ4v) is 2.43. The molecule has 1 aromatic heterocycles. The molecule has 21 heavy (non-hydrogen) atoms. The van der Waals surface area contributed by atoms with Crippen LogP contribution in [0.1, 0.15) is 0 Å². The summed E-state index contributed by atoms with van der Waals surface area (Å²) in [6, 6.07) is 12.3.